The molecule has 104 valence electrons. The van der Waals surface area contributed by atoms with E-state index in [1.807, 2.05) is 6.92 Å². The van der Waals surface area contributed by atoms with E-state index in [0.29, 0.717) is 25.5 Å². The Balaban J connectivity index is 0. The Hall–Kier alpha value is -0.320. The van der Waals surface area contributed by atoms with E-state index < -0.39 is 0 Å². The number of amides is 1. The van der Waals surface area contributed by atoms with Crippen LogP contribution in [-0.4, -0.2) is 31.7 Å². The van der Waals surface area contributed by atoms with E-state index in [1.54, 1.807) is 0 Å². The summed E-state index contributed by atoms with van der Waals surface area (Å²) in [5, 5.41) is 2.85. The SMILES string of the molecule is CC(C)COCCCNC(=O)CCC(C)N.Cl. The molecule has 0 heterocycles. The van der Waals surface area contributed by atoms with Crippen LogP contribution in [0.15, 0.2) is 0 Å². The number of nitrogens with one attached hydrogen (secondary N) is 1. The zero-order valence-corrected chi connectivity index (χ0v) is 12.0. The first kappa shape index (κ1) is 19.0. The fraction of sp³-hybridized carbons (Fsp3) is 0.917. The van der Waals surface area contributed by atoms with Crippen molar-refractivity contribution < 1.29 is 9.53 Å². The van der Waals surface area contributed by atoms with Gasteiger partial charge >= 0.3 is 0 Å². The lowest BCUT2D eigenvalue weighted by Gasteiger charge is -2.08. The summed E-state index contributed by atoms with van der Waals surface area (Å²) < 4.78 is 5.40. The van der Waals surface area contributed by atoms with Gasteiger partial charge in [0.2, 0.25) is 5.91 Å². The van der Waals surface area contributed by atoms with E-state index in [4.69, 9.17) is 10.5 Å². The Morgan fingerprint density at radius 3 is 2.53 bits per heavy atom. The average molecular weight is 267 g/mol. The van der Waals surface area contributed by atoms with E-state index in [0.717, 1.165) is 19.4 Å². The van der Waals surface area contributed by atoms with Gasteiger partial charge in [-0.1, -0.05) is 13.8 Å². The van der Waals surface area contributed by atoms with E-state index in [9.17, 15) is 4.79 Å². The summed E-state index contributed by atoms with van der Waals surface area (Å²) >= 11 is 0. The minimum Gasteiger partial charge on any atom is -0.381 e. The Labute approximate surface area is 111 Å². The summed E-state index contributed by atoms with van der Waals surface area (Å²) in [7, 11) is 0. The van der Waals surface area contributed by atoms with Gasteiger partial charge in [-0.15, -0.1) is 12.4 Å². The van der Waals surface area contributed by atoms with Crippen LogP contribution in [0.1, 0.15) is 40.0 Å². The summed E-state index contributed by atoms with van der Waals surface area (Å²) in [5.74, 6) is 0.654. The minimum atomic E-state index is 0. The van der Waals surface area contributed by atoms with Gasteiger partial charge in [0.1, 0.15) is 0 Å². The number of halogens is 1. The molecular weight excluding hydrogens is 240 g/mol. The first-order valence-electron chi connectivity index (χ1n) is 6.12. The molecule has 0 aromatic carbocycles. The highest BCUT2D eigenvalue weighted by Gasteiger charge is 2.02. The summed E-state index contributed by atoms with van der Waals surface area (Å²) in [6.45, 7) is 8.35. The molecule has 0 spiro atoms. The van der Waals surface area contributed by atoms with Crippen LogP contribution < -0.4 is 11.1 Å². The van der Waals surface area contributed by atoms with Crippen molar-refractivity contribution >= 4 is 18.3 Å². The number of ether oxygens (including phenoxy) is 1. The highest BCUT2D eigenvalue weighted by Crippen LogP contribution is 1.94. The van der Waals surface area contributed by atoms with Crippen LogP contribution in [0.25, 0.3) is 0 Å². The van der Waals surface area contributed by atoms with Gasteiger partial charge in [-0.3, -0.25) is 4.79 Å². The van der Waals surface area contributed by atoms with Gasteiger partial charge in [0, 0.05) is 32.2 Å². The van der Waals surface area contributed by atoms with Crippen LogP contribution in [0.2, 0.25) is 0 Å². The second-order valence-electron chi connectivity index (χ2n) is 4.69. The minimum absolute atomic E-state index is 0. The molecule has 0 aliphatic carbocycles. The Kier molecular flexibility index (Phi) is 13.6. The van der Waals surface area contributed by atoms with Crippen LogP contribution in [0, 0.1) is 5.92 Å². The molecule has 1 unspecified atom stereocenters. The molecule has 3 N–H and O–H groups in total. The first-order chi connectivity index (χ1) is 7.52. The van der Waals surface area contributed by atoms with E-state index in [1.165, 1.54) is 0 Å². The number of carbonyl (C=O) groups is 1. The van der Waals surface area contributed by atoms with Crippen molar-refractivity contribution in [2.75, 3.05) is 19.8 Å². The van der Waals surface area contributed by atoms with Crippen molar-refractivity contribution in [3.05, 3.63) is 0 Å². The van der Waals surface area contributed by atoms with Gasteiger partial charge in [0.05, 0.1) is 0 Å². The van der Waals surface area contributed by atoms with Gasteiger partial charge in [-0.25, -0.2) is 0 Å². The molecule has 0 saturated carbocycles. The number of carbonyl (C=O) groups excluding carboxylic acids is 1. The molecule has 0 aliphatic rings. The number of hydrogen-bond acceptors (Lipinski definition) is 3. The van der Waals surface area contributed by atoms with Crippen LogP contribution in [0.4, 0.5) is 0 Å². The number of rotatable bonds is 9. The van der Waals surface area contributed by atoms with E-state index in [2.05, 4.69) is 19.2 Å². The fourth-order valence-electron chi connectivity index (χ4n) is 1.17. The molecule has 0 radical (unpaired) electrons. The normalized spacial score (nSPS) is 12.1. The monoisotopic (exact) mass is 266 g/mol. The zero-order valence-electron chi connectivity index (χ0n) is 11.2. The molecule has 0 rings (SSSR count). The molecule has 4 nitrogen and oxygen atoms in total. The third-order valence-corrected chi connectivity index (χ3v) is 2.07. The zero-order chi connectivity index (χ0) is 12.4. The maximum atomic E-state index is 11.3. The van der Waals surface area contributed by atoms with Gasteiger partial charge in [0.15, 0.2) is 0 Å². The summed E-state index contributed by atoms with van der Waals surface area (Å²) in [6.07, 6.45) is 2.14. The van der Waals surface area contributed by atoms with E-state index in [-0.39, 0.29) is 24.4 Å². The first-order valence-corrected chi connectivity index (χ1v) is 6.12. The maximum Gasteiger partial charge on any atom is 0.220 e. The smallest absolute Gasteiger partial charge is 0.220 e. The molecule has 0 saturated heterocycles. The second kappa shape index (κ2) is 12.1. The number of nitrogens with two attached hydrogens (primary N) is 1. The highest BCUT2D eigenvalue weighted by molar-refractivity contribution is 5.85. The van der Waals surface area contributed by atoms with Crippen molar-refractivity contribution in [1.82, 2.24) is 5.32 Å². The van der Waals surface area contributed by atoms with E-state index >= 15 is 0 Å². The third-order valence-electron chi connectivity index (χ3n) is 2.07. The quantitative estimate of drug-likeness (QED) is 0.625. The fourth-order valence-corrected chi connectivity index (χ4v) is 1.17. The molecule has 17 heavy (non-hydrogen) atoms. The highest BCUT2D eigenvalue weighted by atomic mass is 35.5. The Bertz CT molecular complexity index is 187. The molecule has 0 aromatic heterocycles. The van der Waals surface area contributed by atoms with Crippen molar-refractivity contribution in [2.24, 2.45) is 11.7 Å². The molecule has 1 atom stereocenters. The van der Waals surface area contributed by atoms with Crippen molar-refractivity contribution in [2.45, 2.75) is 46.1 Å². The molecule has 1 amide bonds. The van der Waals surface area contributed by atoms with Crippen molar-refractivity contribution in [3.8, 4) is 0 Å². The number of hydrogen-bond donors (Lipinski definition) is 2. The lowest BCUT2D eigenvalue weighted by atomic mass is 10.2. The Morgan fingerprint density at radius 2 is 2.00 bits per heavy atom. The van der Waals surface area contributed by atoms with Crippen molar-refractivity contribution in [3.63, 3.8) is 0 Å². The van der Waals surface area contributed by atoms with Gasteiger partial charge in [-0.2, -0.15) is 0 Å². The van der Waals surface area contributed by atoms with Crippen LogP contribution in [0.5, 0.6) is 0 Å². The van der Waals surface area contributed by atoms with Gasteiger partial charge < -0.3 is 15.8 Å². The van der Waals surface area contributed by atoms with Gasteiger partial charge in [0.25, 0.3) is 0 Å². The van der Waals surface area contributed by atoms with Crippen LogP contribution in [0.3, 0.4) is 0 Å². The van der Waals surface area contributed by atoms with Crippen LogP contribution >= 0.6 is 12.4 Å². The van der Waals surface area contributed by atoms with Gasteiger partial charge in [-0.05, 0) is 25.7 Å². The molecule has 5 heteroatoms. The maximum absolute atomic E-state index is 11.3. The standard InChI is InChI=1S/C12H26N2O2.ClH/c1-10(2)9-16-8-4-7-14-12(15)6-5-11(3)13;/h10-11H,4-9,13H2,1-3H3,(H,14,15);1H. The predicted molar refractivity (Wildman–Crippen MR) is 73.4 cm³/mol. The third kappa shape index (κ3) is 15.7. The summed E-state index contributed by atoms with van der Waals surface area (Å²) in [6, 6.07) is 0.0973. The second-order valence-corrected chi connectivity index (χ2v) is 4.69. The molecule has 0 aromatic rings. The van der Waals surface area contributed by atoms with Crippen molar-refractivity contribution in [1.29, 1.82) is 0 Å². The molecule has 0 bridgehead atoms. The summed E-state index contributed by atoms with van der Waals surface area (Å²) in [4.78, 5) is 11.3. The lowest BCUT2D eigenvalue weighted by Crippen LogP contribution is -2.27. The lowest BCUT2D eigenvalue weighted by molar-refractivity contribution is -0.121. The largest absolute Gasteiger partial charge is 0.381 e. The predicted octanol–water partition coefficient (Wildman–Crippen LogP) is 1.71. The van der Waals surface area contributed by atoms with Crippen LogP contribution in [-0.2, 0) is 9.53 Å². The average Bonchev–Trinajstić information content (AvgIpc) is 2.19. The summed E-state index contributed by atoms with van der Waals surface area (Å²) in [5.41, 5.74) is 5.56. The topological polar surface area (TPSA) is 64.3 Å². The molecule has 0 fully saturated rings. The molecular formula is C12H27ClN2O2. The molecule has 0 aliphatic heterocycles. The Morgan fingerprint density at radius 1 is 1.35 bits per heavy atom.